The Kier molecular flexibility index (Phi) is 4.32. The van der Waals surface area contributed by atoms with Gasteiger partial charge in [-0.15, -0.1) is 0 Å². The van der Waals surface area contributed by atoms with Crippen molar-refractivity contribution in [1.82, 2.24) is 0 Å². The average Bonchev–Trinajstić information content (AvgIpc) is 2.41. The minimum absolute atomic E-state index is 0.549. The lowest BCUT2D eigenvalue weighted by Gasteiger charge is -2.17. The van der Waals surface area contributed by atoms with Gasteiger partial charge < -0.3 is 0 Å². The van der Waals surface area contributed by atoms with Crippen LogP contribution in [0.4, 0.5) is 0 Å². The topological polar surface area (TPSA) is 0 Å². The largest absolute Gasteiger partial charge is 0.0587 e. The molecule has 0 aliphatic rings. The maximum absolute atomic E-state index is 2.38. The van der Waals surface area contributed by atoms with E-state index >= 15 is 0 Å². The van der Waals surface area contributed by atoms with E-state index in [1.165, 1.54) is 33.4 Å². The second-order valence-corrected chi connectivity index (χ2v) is 6.46. The van der Waals surface area contributed by atoms with E-state index in [1.807, 2.05) is 0 Å². The van der Waals surface area contributed by atoms with E-state index in [1.54, 1.807) is 0 Å². The molecule has 0 fully saturated rings. The number of rotatable bonds is 3. The molecule has 0 saturated heterocycles. The van der Waals surface area contributed by atoms with Gasteiger partial charge in [0.15, 0.2) is 0 Å². The van der Waals surface area contributed by atoms with Crippen molar-refractivity contribution >= 4 is 0 Å². The Morgan fingerprint density at radius 2 is 1.40 bits per heavy atom. The van der Waals surface area contributed by atoms with Gasteiger partial charge >= 0.3 is 0 Å². The number of hydrogen-bond acceptors (Lipinski definition) is 0. The van der Waals surface area contributed by atoms with Crippen LogP contribution in [0.1, 0.15) is 61.8 Å². The molecule has 0 bridgehead atoms. The first kappa shape index (κ1) is 14.8. The maximum atomic E-state index is 2.38. The molecule has 0 aliphatic heterocycles. The summed E-state index contributed by atoms with van der Waals surface area (Å²) in [6.07, 6.45) is 0. The zero-order valence-corrected chi connectivity index (χ0v) is 13.6. The van der Waals surface area contributed by atoms with Gasteiger partial charge in [-0.1, -0.05) is 64.1 Å². The Morgan fingerprint density at radius 1 is 0.700 bits per heavy atom. The standard InChI is InChI=1S/C20H26/c1-13(2)17-9-10-19(14(3)4)20(12-17)18-8-7-15(5)16(6)11-18/h7-14H,1-6H3. The van der Waals surface area contributed by atoms with Crippen LogP contribution in [0.25, 0.3) is 11.1 Å². The fourth-order valence-corrected chi connectivity index (χ4v) is 2.60. The highest BCUT2D eigenvalue weighted by atomic mass is 14.2. The van der Waals surface area contributed by atoms with Crippen molar-refractivity contribution in [3.05, 3.63) is 58.7 Å². The molecular formula is C20H26. The van der Waals surface area contributed by atoms with Crippen molar-refractivity contribution in [3.63, 3.8) is 0 Å². The third kappa shape index (κ3) is 2.95. The van der Waals surface area contributed by atoms with Crippen LogP contribution in [0, 0.1) is 13.8 Å². The molecule has 0 unspecified atom stereocenters. The first-order valence-corrected chi connectivity index (χ1v) is 7.61. The first-order chi connectivity index (χ1) is 9.40. The second-order valence-electron chi connectivity index (χ2n) is 6.46. The van der Waals surface area contributed by atoms with Crippen LogP contribution in [-0.4, -0.2) is 0 Å². The van der Waals surface area contributed by atoms with E-state index in [9.17, 15) is 0 Å². The molecule has 0 heteroatoms. The molecule has 2 rings (SSSR count). The highest BCUT2D eigenvalue weighted by Gasteiger charge is 2.11. The fraction of sp³-hybridized carbons (Fsp3) is 0.400. The zero-order valence-electron chi connectivity index (χ0n) is 13.6. The molecule has 2 aromatic rings. The number of hydrogen-bond donors (Lipinski definition) is 0. The summed E-state index contributed by atoms with van der Waals surface area (Å²) in [5, 5.41) is 0. The van der Waals surface area contributed by atoms with Crippen molar-refractivity contribution < 1.29 is 0 Å². The summed E-state index contributed by atoms with van der Waals surface area (Å²) < 4.78 is 0. The Hall–Kier alpha value is -1.56. The molecule has 0 aliphatic carbocycles. The average molecular weight is 266 g/mol. The predicted octanol–water partition coefficient (Wildman–Crippen LogP) is 6.22. The summed E-state index contributed by atoms with van der Waals surface area (Å²) in [6.45, 7) is 13.4. The van der Waals surface area contributed by atoms with Gasteiger partial charge in [0.05, 0.1) is 0 Å². The van der Waals surface area contributed by atoms with Crippen molar-refractivity contribution in [2.75, 3.05) is 0 Å². The van der Waals surface area contributed by atoms with Crippen LogP contribution in [0.2, 0.25) is 0 Å². The van der Waals surface area contributed by atoms with Gasteiger partial charge in [0, 0.05) is 0 Å². The van der Waals surface area contributed by atoms with Crippen LogP contribution < -0.4 is 0 Å². The van der Waals surface area contributed by atoms with E-state index < -0.39 is 0 Å². The smallest absolute Gasteiger partial charge is 0.0146 e. The van der Waals surface area contributed by atoms with Crippen LogP contribution in [0.3, 0.4) is 0 Å². The van der Waals surface area contributed by atoms with E-state index in [0.29, 0.717) is 11.8 Å². The van der Waals surface area contributed by atoms with Gasteiger partial charge in [0.25, 0.3) is 0 Å². The van der Waals surface area contributed by atoms with Gasteiger partial charge in [-0.2, -0.15) is 0 Å². The highest BCUT2D eigenvalue weighted by Crippen LogP contribution is 2.33. The third-order valence-electron chi connectivity index (χ3n) is 4.18. The first-order valence-electron chi connectivity index (χ1n) is 7.61. The van der Waals surface area contributed by atoms with Gasteiger partial charge in [-0.05, 0) is 59.1 Å². The van der Waals surface area contributed by atoms with Crippen LogP contribution in [0.15, 0.2) is 36.4 Å². The lowest BCUT2D eigenvalue weighted by atomic mass is 9.88. The lowest BCUT2D eigenvalue weighted by Crippen LogP contribution is -1.96. The Morgan fingerprint density at radius 3 is 1.95 bits per heavy atom. The van der Waals surface area contributed by atoms with Gasteiger partial charge in [-0.25, -0.2) is 0 Å². The normalized spacial score (nSPS) is 11.4. The summed E-state index contributed by atoms with van der Waals surface area (Å²) in [4.78, 5) is 0. The monoisotopic (exact) mass is 266 g/mol. The molecule has 2 aromatic carbocycles. The maximum Gasteiger partial charge on any atom is -0.0146 e. The Labute approximate surface area is 123 Å². The summed E-state index contributed by atoms with van der Waals surface area (Å²) in [5.41, 5.74) is 8.33. The van der Waals surface area contributed by atoms with Gasteiger partial charge in [0.1, 0.15) is 0 Å². The van der Waals surface area contributed by atoms with Crippen LogP contribution >= 0.6 is 0 Å². The van der Waals surface area contributed by atoms with Gasteiger partial charge in [-0.3, -0.25) is 0 Å². The van der Waals surface area contributed by atoms with E-state index in [-0.39, 0.29) is 0 Å². The molecule has 0 atom stereocenters. The molecule has 0 nitrogen and oxygen atoms in total. The minimum atomic E-state index is 0.549. The minimum Gasteiger partial charge on any atom is -0.0587 e. The van der Waals surface area contributed by atoms with Crippen molar-refractivity contribution in [2.24, 2.45) is 0 Å². The molecule has 106 valence electrons. The predicted molar refractivity (Wildman–Crippen MR) is 89.5 cm³/mol. The van der Waals surface area contributed by atoms with Crippen molar-refractivity contribution in [2.45, 2.75) is 53.4 Å². The van der Waals surface area contributed by atoms with E-state index in [4.69, 9.17) is 0 Å². The molecule has 0 N–H and O–H groups in total. The molecule has 20 heavy (non-hydrogen) atoms. The molecule has 0 spiro atoms. The third-order valence-corrected chi connectivity index (χ3v) is 4.18. The van der Waals surface area contributed by atoms with Gasteiger partial charge in [0.2, 0.25) is 0 Å². The number of benzene rings is 2. The molecule has 0 aromatic heterocycles. The lowest BCUT2D eigenvalue weighted by molar-refractivity contribution is 0.847. The SMILES string of the molecule is Cc1ccc(-c2cc(C(C)C)ccc2C(C)C)cc1C. The van der Waals surface area contributed by atoms with Crippen LogP contribution in [-0.2, 0) is 0 Å². The highest BCUT2D eigenvalue weighted by molar-refractivity contribution is 5.70. The van der Waals surface area contributed by atoms with Crippen molar-refractivity contribution in [3.8, 4) is 11.1 Å². The summed E-state index contributed by atoms with van der Waals surface area (Å²) in [6, 6.07) is 13.8. The fourth-order valence-electron chi connectivity index (χ4n) is 2.60. The molecule has 0 radical (unpaired) electrons. The molecular weight excluding hydrogens is 240 g/mol. The Balaban J connectivity index is 2.62. The number of aryl methyl sites for hydroxylation is 2. The summed E-state index contributed by atoms with van der Waals surface area (Å²) in [5.74, 6) is 1.12. The molecule has 0 saturated carbocycles. The van der Waals surface area contributed by atoms with Crippen LogP contribution in [0.5, 0.6) is 0 Å². The zero-order chi connectivity index (χ0) is 14.9. The van der Waals surface area contributed by atoms with E-state index in [0.717, 1.165) is 0 Å². The van der Waals surface area contributed by atoms with Crippen molar-refractivity contribution in [1.29, 1.82) is 0 Å². The quantitative estimate of drug-likeness (QED) is 0.619. The summed E-state index contributed by atoms with van der Waals surface area (Å²) >= 11 is 0. The Bertz CT molecular complexity index is 603. The second kappa shape index (κ2) is 5.83. The molecule has 0 heterocycles. The van der Waals surface area contributed by atoms with E-state index in [2.05, 4.69) is 77.9 Å². The molecule has 0 amide bonds. The summed E-state index contributed by atoms with van der Waals surface area (Å²) in [7, 11) is 0.